The first-order chi connectivity index (χ1) is 11.7. The van der Waals surface area contributed by atoms with Gasteiger partial charge in [0.2, 0.25) is 0 Å². The predicted octanol–water partition coefficient (Wildman–Crippen LogP) is 2.93. The molecule has 1 aliphatic heterocycles. The number of carbonyl (C=O) groups excluding carboxylic acids is 1. The Hall–Kier alpha value is -2.27. The van der Waals surface area contributed by atoms with Crippen molar-refractivity contribution in [3.63, 3.8) is 0 Å². The van der Waals surface area contributed by atoms with E-state index in [-0.39, 0.29) is 5.91 Å². The normalized spacial score (nSPS) is 16.0. The van der Waals surface area contributed by atoms with Crippen LogP contribution in [-0.2, 0) is 6.54 Å². The minimum atomic E-state index is -0.0353. The Morgan fingerprint density at radius 3 is 2.83 bits per heavy atom. The highest BCUT2D eigenvalue weighted by molar-refractivity contribution is 5.94. The van der Waals surface area contributed by atoms with Crippen LogP contribution in [0.4, 0.5) is 0 Å². The highest BCUT2D eigenvalue weighted by Gasteiger charge is 2.20. The summed E-state index contributed by atoms with van der Waals surface area (Å²) in [4.78, 5) is 14.6. The van der Waals surface area contributed by atoms with Gasteiger partial charge in [0.1, 0.15) is 11.5 Å². The van der Waals surface area contributed by atoms with Gasteiger partial charge in [0, 0.05) is 12.1 Å². The van der Waals surface area contributed by atoms with Crippen molar-refractivity contribution in [1.82, 2.24) is 10.2 Å². The molecule has 0 atom stereocenters. The Balaban J connectivity index is 1.42. The number of nitrogens with one attached hydrogen (secondary N) is 1. The molecule has 1 fully saturated rings. The minimum Gasteiger partial charge on any atom is -0.497 e. The first kappa shape index (κ1) is 16.6. The van der Waals surface area contributed by atoms with Crippen LogP contribution in [0.3, 0.4) is 0 Å². The monoisotopic (exact) mass is 328 g/mol. The molecule has 0 saturated carbocycles. The van der Waals surface area contributed by atoms with Gasteiger partial charge in [-0.2, -0.15) is 0 Å². The Kier molecular flexibility index (Phi) is 5.54. The second-order valence-corrected chi connectivity index (χ2v) is 6.24. The number of methoxy groups -OCH3 is 1. The fourth-order valence-corrected chi connectivity index (χ4v) is 3.08. The number of piperidine rings is 1. The fraction of sp³-hybridized carbons (Fsp3) is 0.421. The Bertz CT molecular complexity index is 646. The van der Waals surface area contributed by atoms with Crippen LogP contribution in [0.15, 0.2) is 47.1 Å². The van der Waals surface area contributed by atoms with E-state index >= 15 is 0 Å². The molecule has 128 valence electrons. The van der Waals surface area contributed by atoms with Crippen molar-refractivity contribution in [1.29, 1.82) is 0 Å². The molecular formula is C19H24N2O3. The molecule has 1 N–H and O–H groups in total. The highest BCUT2D eigenvalue weighted by atomic mass is 16.5. The van der Waals surface area contributed by atoms with E-state index in [9.17, 15) is 4.79 Å². The summed E-state index contributed by atoms with van der Waals surface area (Å²) in [5.74, 6) is 2.22. The maximum Gasteiger partial charge on any atom is 0.251 e. The molecule has 0 bridgehead atoms. The molecule has 0 radical (unpaired) electrons. The van der Waals surface area contributed by atoms with Crippen molar-refractivity contribution in [3.8, 4) is 5.75 Å². The Labute approximate surface area is 142 Å². The summed E-state index contributed by atoms with van der Waals surface area (Å²) >= 11 is 0. The SMILES string of the molecule is COc1cccc(C(=O)NCC2CCN(Cc3ccco3)CC2)c1. The van der Waals surface area contributed by atoms with Crippen molar-refractivity contribution in [2.24, 2.45) is 5.92 Å². The molecule has 1 aromatic carbocycles. The summed E-state index contributed by atoms with van der Waals surface area (Å²) in [6.45, 7) is 3.68. The van der Waals surface area contributed by atoms with E-state index in [2.05, 4.69) is 10.2 Å². The van der Waals surface area contributed by atoms with Gasteiger partial charge < -0.3 is 14.5 Å². The van der Waals surface area contributed by atoms with Crippen LogP contribution in [0.25, 0.3) is 0 Å². The van der Waals surface area contributed by atoms with Crippen molar-refractivity contribution in [2.45, 2.75) is 19.4 Å². The fourth-order valence-electron chi connectivity index (χ4n) is 3.08. The minimum absolute atomic E-state index is 0.0353. The predicted molar refractivity (Wildman–Crippen MR) is 92.0 cm³/mol. The van der Waals surface area contributed by atoms with E-state index in [1.165, 1.54) is 0 Å². The van der Waals surface area contributed by atoms with Crippen LogP contribution in [-0.4, -0.2) is 37.6 Å². The van der Waals surface area contributed by atoms with Gasteiger partial charge in [-0.15, -0.1) is 0 Å². The maximum absolute atomic E-state index is 12.2. The second-order valence-electron chi connectivity index (χ2n) is 6.24. The lowest BCUT2D eigenvalue weighted by molar-refractivity contribution is 0.0934. The average molecular weight is 328 g/mol. The maximum atomic E-state index is 12.2. The van der Waals surface area contributed by atoms with E-state index in [1.807, 2.05) is 30.3 Å². The summed E-state index contributed by atoms with van der Waals surface area (Å²) in [7, 11) is 1.60. The molecule has 2 aromatic rings. The van der Waals surface area contributed by atoms with Crippen LogP contribution in [0.2, 0.25) is 0 Å². The quantitative estimate of drug-likeness (QED) is 0.886. The van der Waals surface area contributed by atoms with Crippen LogP contribution < -0.4 is 10.1 Å². The first-order valence-electron chi connectivity index (χ1n) is 8.41. The van der Waals surface area contributed by atoms with Crippen LogP contribution in [0, 0.1) is 5.92 Å². The summed E-state index contributed by atoms with van der Waals surface area (Å²) < 4.78 is 10.6. The third kappa shape index (κ3) is 4.38. The number of amides is 1. The third-order valence-electron chi connectivity index (χ3n) is 4.55. The van der Waals surface area contributed by atoms with Gasteiger partial charge in [-0.1, -0.05) is 6.07 Å². The van der Waals surface area contributed by atoms with Crippen LogP contribution >= 0.6 is 0 Å². The number of rotatable bonds is 6. The lowest BCUT2D eigenvalue weighted by atomic mass is 9.96. The molecule has 1 aliphatic rings. The number of nitrogens with zero attached hydrogens (tertiary/aromatic N) is 1. The third-order valence-corrected chi connectivity index (χ3v) is 4.55. The molecule has 0 spiro atoms. The van der Waals surface area contributed by atoms with E-state index in [0.29, 0.717) is 17.2 Å². The second kappa shape index (κ2) is 8.02. The van der Waals surface area contributed by atoms with Gasteiger partial charge in [0.25, 0.3) is 5.91 Å². The summed E-state index contributed by atoms with van der Waals surface area (Å²) in [5, 5.41) is 3.05. The first-order valence-corrected chi connectivity index (χ1v) is 8.41. The number of hydrogen-bond acceptors (Lipinski definition) is 4. The van der Waals surface area contributed by atoms with Crippen molar-refractivity contribution in [2.75, 3.05) is 26.7 Å². The molecule has 24 heavy (non-hydrogen) atoms. The van der Waals surface area contributed by atoms with E-state index in [4.69, 9.17) is 9.15 Å². The molecule has 3 rings (SSSR count). The standard InChI is InChI=1S/C19H24N2O3/c1-23-17-5-2-4-16(12-17)19(22)20-13-15-7-9-21(10-8-15)14-18-6-3-11-24-18/h2-6,11-12,15H,7-10,13-14H2,1H3,(H,20,22). The Morgan fingerprint density at radius 1 is 1.29 bits per heavy atom. The lowest BCUT2D eigenvalue weighted by Gasteiger charge is -2.31. The molecule has 2 heterocycles. The van der Waals surface area contributed by atoms with Crippen LogP contribution in [0.1, 0.15) is 29.0 Å². The zero-order chi connectivity index (χ0) is 16.8. The zero-order valence-electron chi connectivity index (χ0n) is 14.0. The average Bonchev–Trinajstić information content (AvgIpc) is 3.14. The molecule has 0 unspecified atom stereocenters. The van der Waals surface area contributed by atoms with Crippen molar-refractivity contribution in [3.05, 3.63) is 54.0 Å². The van der Waals surface area contributed by atoms with Gasteiger partial charge in [0.15, 0.2) is 0 Å². The van der Waals surface area contributed by atoms with E-state index in [0.717, 1.165) is 44.8 Å². The Morgan fingerprint density at radius 2 is 2.12 bits per heavy atom. The van der Waals surface area contributed by atoms with E-state index < -0.39 is 0 Å². The lowest BCUT2D eigenvalue weighted by Crippen LogP contribution is -2.38. The summed E-state index contributed by atoms with van der Waals surface area (Å²) in [5.41, 5.74) is 0.643. The number of hydrogen-bond donors (Lipinski definition) is 1. The number of ether oxygens (including phenoxy) is 1. The molecule has 1 aromatic heterocycles. The van der Waals surface area contributed by atoms with Gasteiger partial charge in [-0.3, -0.25) is 9.69 Å². The molecular weight excluding hydrogens is 304 g/mol. The van der Waals surface area contributed by atoms with Gasteiger partial charge in [0.05, 0.1) is 19.9 Å². The van der Waals surface area contributed by atoms with Crippen molar-refractivity contribution >= 4 is 5.91 Å². The largest absolute Gasteiger partial charge is 0.497 e. The van der Waals surface area contributed by atoms with Gasteiger partial charge in [-0.05, 0) is 62.2 Å². The van der Waals surface area contributed by atoms with Crippen LogP contribution in [0.5, 0.6) is 5.75 Å². The number of furan rings is 1. The number of carbonyl (C=O) groups is 1. The number of benzene rings is 1. The summed E-state index contributed by atoms with van der Waals surface area (Å²) in [6.07, 6.45) is 3.91. The molecule has 0 aliphatic carbocycles. The van der Waals surface area contributed by atoms with Gasteiger partial charge in [-0.25, -0.2) is 0 Å². The zero-order valence-corrected chi connectivity index (χ0v) is 14.0. The molecule has 1 saturated heterocycles. The van der Waals surface area contributed by atoms with Crippen molar-refractivity contribution < 1.29 is 13.9 Å². The van der Waals surface area contributed by atoms with Gasteiger partial charge >= 0.3 is 0 Å². The molecule has 5 heteroatoms. The highest BCUT2D eigenvalue weighted by Crippen LogP contribution is 2.19. The summed E-state index contributed by atoms with van der Waals surface area (Å²) in [6, 6.07) is 11.2. The molecule has 1 amide bonds. The topological polar surface area (TPSA) is 54.7 Å². The smallest absolute Gasteiger partial charge is 0.251 e. The van der Waals surface area contributed by atoms with E-state index in [1.54, 1.807) is 19.4 Å². The number of likely N-dealkylation sites (tertiary alicyclic amines) is 1. The molecule has 5 nitrogen and oxygen atoms in total.